The summed E-state index contributed by atoms with van der Waals surface area (Å²) in [5, 5.41) is 1.75. The third-order valence-electron chi connectivity index (χ3n) is 3.84. The Labute approximate surface area is 154 Å². The summed E-state index contributed by atoms with van der Waals surface area (Å²) in [4.78, 5) is 9.17. The van der Waals surface area contributed by atoms with Gasteiger partial charge in [-0.25, -0.2) is 4.98 Å². The molecule has 0 amide bonds. The van der Waals surface area contributed by atoms with E-state index in [1.807, 2.05) is 43.4 Å². The lowest BCUT2D eigenvalue weighted by Crippen LogP contribution is -2.30. The number of rotatable bonds is 1. The van der Waals surface area contributed by atoms with Crippen molar-refractivity contribution in [2.24, 2.45) is 7.05 Å². The second kappa shape index (κ2) is 7.08. The van der Waals surface area contributed by atoms with Gasteiger partial charge in [-0.1, -0.05) is 11.6 Å². The number of hydrogen-bond donors (Lipinski definition) is 1. The summed E-state index contributed by atoms with van der Waals surface area (Å²) in [7, 11) is -1.25. The predicted octanol–water partition coefficient (Wildman–Crippen LogP) is 2.85. The summed E-state index contributed by atoms with van der Waals surface area (Å²) < 4.78 is 31.8. The van der Waals surface area contributed by atoms with Crippen LogP contribution in [0.3, 0.4) is 0 Å². The summed E-state index contributed by atoms with van der Waals surface area (Å²) in [6, 6.07) is 13.9. The van der Waals surface area contributed by atoms with Gasteiger partial charge in [-0.3, -0.25) is 13.7 Å². The second-order valence-corrected chi connectivity index (χ2v) is 7.03. The van der Waals surface area contributed by atoms with Crippen molar-refractivity contribution in [3.63, 3.8) is 0 Å². The lowest BCUT2D eigenvalue weighted by atomic mass is 10.1. The van der Waals surface area contributed by atoms with E-state index in [1.54, 1.807) is 6.20 Å². The molecule has 0 unspecified atom stereocenters. The van der Waals surface area contributed by atoms with E-state index in [4.69, 9.17) is 21.1 Å². The van der Waals surface area contributed by atoms with Gasteiger partial charge in [-0.05, 0) is 30.3 Å². The van der Waals surface area contributed by atoms with Crippen LogP contribution in [-0.2, 0) is 21.6 Å². The number of halogens is 1. The largest absolute Gasteiger partial charge is 0.397 e. The van der Waals surface area contributed by atoms with Crippen LogP contribution in [0.4, 0.5) is 0 Å². The molecule has 0 saturated carbocycles. The molecular weight excluding hydrogens is 378 g/mol. The average molecular weight is 393 g/mol. The molecule has 9 heteroatoms. The van der Waals surface area contributed by atoms with Crippen LogP contribution < -0.4 is 4.57 Å². The summed E-state index contributed by atoms with van der Waals surface area (Å²) >= 11 is 6.08. The van der Waals surface area contributed by atoms with Crippen molar-refractivity contribution in [1.82, 2.24) is 9.97 Å². The molecule has 0 bridgehead atoms. The Bertz CT molecular complexity index is 1230. The molecule has 2 heterocycles. The Balaban J connectivity index is 0.000000286. The lowest BCUT2D eigenvalue weighted by molar-refractivity contribution is -0.617. The first-order valence-corrected chi connectivity index (χ1v) is 9.20. The molecule has 2 aromatic heterocycles. The minimum atomic E-state index is -4.16. The summed E-state index contributed by atoms with van der Waals surface area (Å²) in [6.07, 6.45) is 1.80. The van der Waals surface area contributed by atoms with Crippen molar-refractivity contribution in [1.29, 1.82) is 0 Å². The standard InChI is InChI=1S/C16H11ClN3.CH4O4S/c1-20-14-6-4-10(17)9-13(14)19-16-11-3-2-8-18-12(11)5-7-15(16)20;1-5-6(2,3)4/h2-9H,1H3;1H3,(H,2,3,4)/q+1;. The zero-order valence-corrected chi connectivity index (χ0v) is 15.5. The van der Waals surface area contributed by atoms with Crippen LogP contribution in [0.15, 0.2) is 48.7 Å². The van der Waals surface area contributed by atoms with Crippen LogP contribution in [-0.4, -0.2) is 30.0 Å². The lowest BCUT2D eigenvalue weighted by Gasteiger charge is -2.04. The number of pyridine rings is 1. The molecule has 0 atom stereocenters. The molecule has 0 spiro atoms. The first-order valence-electron chi connectivity index (χ1n) is 7.46. The van der Waals surface area contributed by atoms with Crippen LogP contribution in [0.2, 0.25) is 5.02 Å². The number of aryl methyl sites for hydroxylation is 1. The van der Waals surface area contributed by atoms with E-state index in [9.17, 15) is 8.42 Å². The van der Waals surface area contributed by atoms with Crippen LogP contribution in [0.5, 0.6) is 0 Å². The highest BCUT2D eigenvalue weighted by molar-refractivity contribution is 7.80. The van der Waals surface area contributed by atoms with Crippen molar-refractivity contribution in [2.75, 3.05) is 7.11 Å². The fourth-order valence-electron chi connectivity index (χ4n) is 2.63. The zero-order valence-electron chi connectivity index (χ0n) is 13.9. The van der Waals surface area contributed by atoms with E-state index in [0.717, 1.165) is 40.1 Å². The first-order chi connectivity index (χ1) is 12.3. The highest BCUT2D eigenvalue weighted by Gasteiger charge is 2.15. The third kappa shape index (κ3) is 3.73. The number of aromatic nitrogens is 3. The maximum Gasteiger partial charge on any atom is 0.397 e. The van der Waals surface area contributed by atoms with Crippen molar-refractivity contribution in [2.45, 2.75) is 0 Å². The summed E-state index contributed by atoms with van der Waals surface area (Å²) in [6.45, 7) is 0. The molecule has 4 rings (SSSR count). The molecule has 1 N–H and O–H groups in total. The maximum atomic E-state index is 9.33. The third-order valence-corrected chi connectivity index (χ3v) is 4.49. The van der Waals surface area contributed by atoms with Gasteiger partial charge in [0.05, 0.1) is 12.6 Å². The number of nitrogens with zero attached hydrogens (tertiary/aromatic N) is 3. The van der Waals surface area contributed by atoms with Crippen molar-refractivity contribution in [3.05, 3.63) is 53.7 Å². The molecular formula is C17H15ClN3O4S+. The van der Waals surface area contributed by atoms with E-state index in [1.165, 1.54) is 0 Å². The molecule has 0 aliphatic rings. The van der Waals surface area contributed by atoms with Gasteiger partial charge in [-0.15, -0.1) is 0 Å². The molecule has 7 nitrogen and oxygen atoms in total. The van der Waals surface area contributed by atoms with Crippen LogP contribution >= 0.6 is 11.6 Å². The van der Waals surface area contributed by atoms with Crippen molar-refractivity contribution < 1.29 is 21.7 Å². The van der Waals surface area contributed by atoms with Crippen molar-refractivity contribution in [3.8, 4) is 0 Å². The SMILES string of the molecule is COS(=O)(=O)O.C[n+]1c2ccc(Cl)cc2nc2c3cccnc3ccc21. The fraction of sp³-hybridized carbons (Fsp3) is 0.118. The zero-order chi connectivity index (χ0) is 18.9. The summed E-state index contributed by atoms with van der Waals surface area (Å²) in [5.74, 6) is 0. The van der Waals surface area contributed by atoms with Crippen LogP contribution in [0.1, 0.15) is 0 Å². The normalized spacial score (nSPS) is 11.5. The highest BCUT2D eigenvalue weighted by Crippen LogP contribution is 2.23. The van der Waals surface area contributed by atoms with E-state index >= 15 is 0 Å². The molecule has 4 aromatic rings. The minimum absolute atomic E-state index is 0.697. The monoisotopic (exact) mass is 392 g/mol. The molecule has 2 aromatic carbocycles. The summed E-state index contributed by atoms with van der Waals surface area (Å²) in [5.41, 5.74) is 4.94. The predicted molar refractivity (Wildman–Crippen MR) is 99.3 cm³/mol. The first kappa shape index (κ1) is 18.4. The average Bonchev–Trinajstić information content (AvgIpc) is 2.61. The molecule has 0 saturated heterocycles. The molecule has 0 aliphatic heterocycles. The minimum Gasteiger partial charge on any atom is -0.264 e. The molecule has 26 heavy (non-hydrogen) atoms. The smallest absolute Gasteiger partial charge is 0.264 e. The molecule has 134 valence electrons. The van der Waals surface area contributed by atoms with E-state index in [-0.39, 0.29) is 0 Å². The Kier molecular flexibility index (Phi) is 5.01. The quantitative estimate of drug-likeness (QED) is 0.232. The number of fused-ring (bicyclic) bond motifs is 4. The van der Waals surface area contributed by atoms with Gasteiger partial charge in [0.25, 0.3) is 0 Å². The van der Waals surface area contributed by atoms with Crippen LogP contribution in [0.25, 0.3) is 33.0 Å². The van der Waals surface area contributed by atoms with Gasteiger partial charge in [0.2, 0.25) is 11.0 Å². The molecule has 0 aliphatic carbocycles. The Hall–Kier alpha value is -2.39. The molecule has 0 fully saturated rings. The van der Waals surface area contributed by atoms with Gasteiger partial charge in [0.15, 0.2) is 0 Å². The topological polar surface area (TPSA) is 93.3 Å². The Morgan fingerprint density at radius 3 is 2.50 bits per heavy atom. The van der Waals surface area contributed by atoms with Gasteiger partial charge in [-0.2, -0.15) is 13.0 Å². The highest BCUT2D eigenvalue weighted by atomic mass is 35.5. The van der Waals surface area contributed by atoms with Gasteiger partial charge in [0.1, 0.15) is 18.1 Å². The Morgan fingerprint density at radius 2 is 1.81 bits per heavy atom. The van der Waals surface area contributed by atoms with Crippen molar-refractivity contribution >= 4 is 55.0 Å². The number of benzene rings is 2. The van der Waals surface area contributed by atoms with Gasteiger partial charge in [0, 0.05) is 28.7 Å². The van der Waals surface area contributed by atoms with Crippen LogP contribution in [0, 0.1) is 0 Å². The Morgan fingerprint density at radius 1 is 1.12 bits per heavy atom. The van der Waals surface area contributed by atoms with E-state index in [0.29, 0.717) is 5.02 Å². The van der Waals surface area contributed by atoms with E-state index < -0.39 is 10.4 Å². The maximum absolute atomic E-state index is 9.33. The molecule has 0 radical (unpaired) electrons. The second-order valence-electron chi connectivity index (χ2n) is 5.40. The van der Waals surface area contributed by atoms with Gasteiger partial charge < -0.3 is 0 Å². The van der Waals surface area contributed by atoms with Gasteiger partial charge >= 0.3 is 10.4 Å². The van der Waals surface area contributed by atoms with E-state index in [2.05, 4.69) is 19.8 Å². The number of hydrogen-bond acceptors (Lipinski definition) is 5. The fourth-order valence-corrected chi connectivity index (χ4v) is 2.80.